The van der Waals surface area contributed by atoms with Crippen LogP contribution in [0.15, 0.2) is 6.20 Å². The van der Waals surface area contributed by atoms with Crippen molar-refractivity contribution in [3.8, 4) is 0 Å². The van der Waals surface area contributed by atoms with Crippen molar-refractivity contribution in [2.24, 2.45) is 12.8 Å². The maximum absolute atomic E-state index is 5.83. The van der Waals surface area contributed by atoms with E-state index < -0.39 is 0 Å². The lowest BCUT2D eigenvalue weighted by atomic mass is 10.2. The van der Waals surface area contributed by atoms with E-state index in [1.54, 1.807) is 0 Å². The fourth-order valence-corrected chi connectivity index (χ4v) is 1.61. The van der Waals surface area contributed by atoms with E-state index in [0.29, 0.717) is 0 Å². The van der Waals surface area contributed by atoms with Gasteiger partial charge in [-0.05, 0) is 18.4 Å². The average Bonchev–Trinajstić information content (AvgIpc) is 2.40. The highest BCUT2D eigenvalue weighted by atomic mass is 15.3. The molecule has 2 N–H and O–H groups in total. The Bertz CT molecular complexity index is 251. The lowest BCUT2D eigenvalue weighted by molar-refractivity contribution is 0.619. The van der Waals surface area contributed by atoms with Crippen molar-refractivity contribution in [2.45, 2.75) is 18.9 Å². The molecule has 1 aromatic rings. The van der Waals surface area contributed by atoms with Crippen LogP contribution in [-0.4, -0.2) is 9.78 Å². The van der Waals surface area contributed by atoms with Gasteiger partial charge in [-0.1, -0.05) is 0 Å². The maximum atomic E-state index is 5.83. The molecule has 0 saturated carbocycles. The summed E-state index contributed by atoms with van der Waals surface area (Å²) in [7, 11) is 1.95. The Morgan fingerprint density at radius 2 is 2.60 bits per heavy atom. The van der Waals surface area contributed by atoms with Gasteiger partial charge < -0.3 is 5.73 Å². The van der Waals surface area contributed by atoms with E-state index in [0.717, 1.165) is 12.8 Å². The van der Waals surface area contributed by atoms with E-state index in [2.05, 4.69) is 5.10 Å². The molecule has 54 valence electrons. The summed E-state index contributed by atoms with van der Waals surface area (Å²) in [6, 6.07) is 0.225. The van der Waals surface area contributed by atoms with Gasteiger partial charge in [0, 0.05) is 13.1 Å². The zero-order chi connectivity index (χ0) is 7.14. The third-order valence-corrected chi connectivity index (χ3v) is 2.14. The molecule has 0 fully saturated rings. The lowest BCUT2D eigenvalue weighted by Gasteiger charge is -2.03. The van der Waals surface area contributed by atoms with Crippen molar-refractivity contribution >= 4 is 0 Å². The fourth-order valence-electron chi connectivity index (χ4n) is 1.61. The summed E-state index contributed by atoms with van der Waals surface area (Å²) in [4.78, 5) is 0. The van der Waals surface area contributed by atoms with Gasteiger partial charge in [-0.2, -0.15) is 5.10 Å². The molecule has 3 heteroatoms. The van der Waals surface area contributed by atoms with Crippen molar-refractivity contribution in [1.82, 2.24) is 9.78 Å². The van der Waals surface area contributed by atoms with Crippen LogP contribution in [0.1, 0.15) is 23.7 Å². The number of nitrogens with zero attached hydrogens (tertiary/aromatic N) is 2. The molecule has 0 saturated heterocycles. The lowest BCUT2D eigenvalue weighted by Crippen LogP contribution is -2.10. The summed E-state index contributed by atoms with van der Waals surface area (Å²) in [5.41, 5.74) is 8.38. The zero-order valence-electron chi connectivity index (χ0n) is 6.04. The topological polar surface area (TPSA) is 43.8 Å². The smallest absolute Gasteiger partial charge is 0.0580 e. The van der Waals surface area contributed by atoms with Crippen LogP contribution >= 0.6 is 0 Å². The third-order valence-electron chi connectivity index (χ3n) is 2.14. The number of aromatic nitrogens is 2. The van der Waals surface area contributed by atoms with Gasteiger partial charge in [0.05, 0.1) is 11.9 Å². The molecule has 0 amide bonds. The van der Waals surface area contributed by atoms with Crippen molar-refractivity contribution in [3.05, 3.63) is 17.5 Å². The molecular formula is C7H11N3. The molecule has 1 atom stereocenters. The Kier molecular flexibility index (Phi) is 1.08. The second-order valence-electron chi connectivity index (χ2n) is 2.82. The van der Waals surface area contributed by atoms with Crippen LogP contribution in [0, 0.1) is 0 Å². The first-order chi connectivity index (χ1) is 4.79. The Hall–Kier alpha value is -0.830. The maximum Gasteiger partial charge on any atom is 0.0580 e. The summed E-state index contributed by atoms with van der Waals surface area (Å²) in [5, 5.41) is 4.13. The Morgan fingerprint density at radius 3 is 3.30 bits per heavy atom. The second kappa shape index (κ2) is 1.83. The fraction of sp³-hybridized carbons (Fsp3) is 0.571. The van der Waals surface area contributed by atoms with E-state index in [-0.39, 0.29) is 6.04 Å². The first-order valence-electron chi connectivity index (χ1n) is 3.55. The van der Waals surface area contributed by atoms with Gasteiger partial charge >= 0.3 is 0 Å². The minimum Gasteiger partial charge on any atom is -0.323 e. The van der Waals surface area contributed by atoms with Crippen LogP contribution in [0.4, 0.5) is 0 Å². The van der Waals surface area contributed by atoms with Crippen LogP contribution in [0.5, 0.6) is 0 Å². The van der Waals surface area contributed by atoms with E-state index in [1.807, 2.05) is 17.9 Å². The predicted octanol–water partition coefficient (Wildman–Crippen LogP) is 0.366. The highest BCUT2D eigenvalue weighted by Crippen LogP contribution is 2.27. The second-order valence-corrected chi connectivity index (χ2v) is 2.82. The standard InChI is InChI=1S/C7H11N3/c1-10-7-5(4-9-10)2-3-6(7)8/h4,6H,2-3,8H2,1H3. The van der Waals surface area contributed by atoms with Crippen molar-refractivity contribution in [2.75, 3.05) is 0 Å². The number of aryl methyl sites for hydroxylation is 2. The molecule has 0 spiro atoms. The zero-order valence-corrected chi connectivity index (χ0v) is 6.04. The summed E-state index contributed by atoms with van der Waals surface area (Å²) >= 11 is 0. The van der Waals surface area contributed by atoms with Crippen LogP contribution < -0.4 is 5.73 Å². The quantitative estimate of drug-likeness (QED) is 0.561. The van der Waals surface area contributed by atoms with Crippen LogP contribution in [0.3, 0.4) is 0 Å². The Labute approximate surface area is 59.8 Å². The Balaban J connectivity index is 2.54. The number of hydrogen-bond donors (Lipinski definition) is 1. The monoisotopic (exact) mass is 137 g/mol. The number of nitrogens with two attached hydrogens (primary N) is 1. The van der Waals surface area contributed by atoms with Gasteiger partial charge in [0.2, 0.25) is 0 Å². The molecule has 1 aliphatic carbocycles. The number of rotatable bonds is 0. The van der Waals surface area contributed by atoms with Gasteiger partial charge in [0.25, 0.3) is 0 Å². The molecule has 1 unspecified atom stereocenters. The molecule has 1 aromatic heterocycles. The molecule has 0 bridgehead atoms. The molecule has 3 nitrogen and oxygen atoms in total. The molecule has 1 heterocycles. The summed E-state index contributed by atoms with van der Waals surface area (Å²) < 4.78 is 1.88. The van der Waals surface area contributed by atoms with E-state index >= 15 is 0 Å². The molecule has 10 heavy (non-hydrogen) atoms. The highest BCUT2D eigenvalue weighted by molar-refractivity contribution is 5.26. The molecule has 1 aliphatic rings. The number of fused-ring (bicyclic) bond motifs is 1. The largest absolute Gasteiger partial charge is 0.323 e. The Morgan fingerprint density at radius 1 is 1.80 bits per heavy atom. The SMILES string of the molecule is Cn1ncc2c1C(N)CC2. The molecule has 0 radical (unpaired) electrons. The minimum absolute atomic E-state index is 0.225. The first-order valence-corrected chi connectivity index (χ1v) is 3.55. The van der Waals surface area contributed by atoms with Gasteiger partial charge in [-0.3, -0.25) is 4.68 Å². The molecule has 0 aliphatic heterocycles. The van der Waals surface area contributed by atoms with Crippen LogP contribution in [0.2, 0.25) is 0 Å². The van der Waals surface area contributed by atoms with Crippen LogP contribution in [0.25, 0.3) is 0 Å². The van der Waals surface area contributed by atoms with E-state index in [9.17, 15) is 0 Å². The van der Waals surface area contributed by atoms with Crippen molar-refractivity contribution < 1.29 is 0 Å². The normalized spacial score (nSPS) is 23.2. The van der Waals surface area contributed by atoms with E-state index in [1.165, 1.54) is 11.3 Å². The summed E-state index contributed by atoms with van der Waals surface area (Å²) in [6.45, 7) is 0. The van der Waals surface area contributed by atoms with Crippen molar-refractivity contribution in [1.29, 1.82) is 0 Å². The highest BCUT2D eigenvalue weighted by Gasteiger charge is 2.22. The average molecular weight is 137 g/mol. The van der Waals surface area contributed by atoms with Crippen molar-refractivity contribution in [3.63, 3.8) is 0 Å². The van der Waals surface area contributed by atoms with Gasteiger partial charge in [0.1, 0.15) is 0 Å². The summed E-state index contributed by atoms with van der Waals surface area (Å²) in [5.74, 6) is 0. The first kappa shape index (κ1) is 5.92. The summed E-state index contributed by atoms with van der Waals surface area (Å²) in [6.07, 6.45) is 4.10. The third kappa shape index (κ3) is 0.609. The predicted molar refractivity (Wildman–Crippen MR) is 38.5 cm³/mol. The van der Waals surface area contributed by atoms with Gasteiger partial charge in [-0.25, -0.2) is 0 Å². The minimum atomic E-state index is 0.225. The van der Waals surface area contributed by atoms with Gasteiger partial charge in [0.15, 0.2) is 0 Å². The number of hydrogen-bond acceptors (Lipinski definition) is 2. The molecule has 0 aromatic carbocycles. The molecular weight excluding hydrogens is 126 g/mol. The molecule has 2 rings (SSSR count). The van der Waals surface area contributed by atoms with E-state index in [4.69, 9.17) is 5.73 Å². The van der Waals surface area contributed by atoms with Crippen LogP contribution in [-0.2, 0) is 13.5 Å². The van der Waals surface area contributed by atoms with Gasteiger partial charge in [-0.15, -0.1) is 0 Å².